The van der Waals surface area contributed by atoms with E-state index >= 15 is 0 Å². The highest BCUT2D eigenvalue weighted by molar-refractivity contribution is 9.10. The molecule has 0 aliphatic rings. The van der Waals surface area contributed by atoms with Gasteiger partial charge in [0, 0.05) is 4.47 Å². The van der Waals surface area contributed by atoms with Gasteiger partial charge in [0.2, 0.25) is 0 Å². The Bertz CT molecular complexity index is 396. The van der Waals surface area contributed by atoms with E-state index in [4.69, 9.17) is 0 Å². The predicted molar refractivity (Wildman–Crippen MR) is 45.5 cm³/mol. The lowest BCUT2D eigenvalue weighted by Gasteiger charge is -1.94. The number of aromatic hydroxyl groups is 1. The van der Waals surface area contributed by atoms with E-state index in [1.807, 2.05) is 6.07 Å². The fourth-order valence-electron chi connectivity index (χ4n) is 0.998. The molecule has 0 atom stereocenters. The molecule has 0 saturated heterocycles. The van der Waals surface area contributed by atoms with Crippen molar-refractivity contribution in [1.29, 1.82) is 0 Å². The molecule has 0 fully saturated rings. The van der Waals surface area contributed by atoms with Crippen molar-refractivity contribution in [3.05, 3.63) is 22.8 Å². The van der Waals surface area contributed by atoms with Crippen molar-refractivity contribution in [2.24, 2.45) is 0 Å². The van der Waals surface area contributed by atoms with Crippen molar-refractivity contribution >= 4 is 26.8 Å². The molecule has 0 amide bonds. The molecule has 0 spiro atoms. The van der Waals surface area contributed by atoms with Gasteiger partial charge < -0.3 is 5.11 Å². The summed E-state index contributed by atoms with van der Waals surface area (Å²) in [7, 11) is 0. The van der Waals surface area contributed by atoms with Crippen LogP contribution in [0.3, 0.4) is 0 Å². The molecule has 2 aromatic rings. The standard InChI is InChI=1S/C7H5BrN2O/c8-4-1-6-5(3-9-10-6)7(11)2-4/h1-3,11H,(H,9,10). The van der Waals surface area contributed by atoms with Crippen molar-refractivity contribution in [2.45, 2.75) is 0 Å². The summed E-state index contributed by atoms with van der Waals surface area (Å²) in [4.78, 5) is 0. The number of aromatic nitrogens is 2. The van der Waals surface area contributed by atoms with Gasteiger partial charge in [-0.2, -0.15) is 5.10 Å². The van der Waals surface area contributed by atoms with E-state index in [1.54, 1.807) is 12.3 Å². The minimum atomic E-state index is 0.239. The number of benzene rings is 1. The van der Waals surface area contributed by atoms with Gasteiger partial charge in [-0.25, -0.2) is 0 Å². The highest BCUT2D eigenvalue weighted by Gasteiger charge is 2.01. The Kier molecular flexibility index (Phi) is 1.35. The lowest BCUT2D eigenvalue weighted by atomic mass is 10.2. The first kappa shape index (κ1) is 6.67. The van der Waals surface area contributed by atoms with E-state index in [9.17, 15) is 5.11 Å². The maximum Gasteiger partial charge on any atom is 0.127 e. The number of nitrogens with one attached hydrogen (secondary N) is 1. The molecule has 56 valence electrons. The van der Waals surface area contributed by atoms with Gasteiger partial charge in [-0.15, -0.1) is 0 Å². The summed E-state index contributed by atoms with van der Waals surface area (Å²) in [6.07, 6.45) is 1.59. The number of aromatic amines is 1. The van der Waals surface area contributed by atoms with Gasteiger partial charge in [-0.1, -0.05) is 15.9 Å². The third-order valence-corrected chi connectivity index (χ3v) is 1.96. The average Bonchev–Trinajstić information content (AvgIpc) is 2.34. The van der Waals surface area contributed by atoms with Crippen LogP contribution < -0.4 is 0 Å². The number of phenolic OH excluding ortho intramolecular Hbond substituents is 1. The monoisotopic (exact) mass is 212 g/mol. The minimum Gasteiger partial charge on any atom is -0.507 e. The smallest absolute Gasteiger partial charge is 0.127 e. The summed E-state index contributed by atoms with van der Waals surface area (Å²) in [6.45, 7) is 0. The normalized spacial score (nSPS) is 10.6. The van der Waals surface area contributed by atoms with Crippen LogP contribution in [0, 0.1) is 0 Å². The summed E-state index contributed by atoms with van der Waals surface area (Å²) in [5.74, 6) is 0.239. The number of fused-ring (bicyclic) bond motifs is 1. The van der Waals surface area contributed by atoms with Gasteiger partial charge in [0.25, 0.3) is 0 Å². The zero-order valence-corrected chi connectivity index (χ0v) is 7.09. The Morgan fingerprint density at radius 1 is 1.45 bits per heavy atom. The number of hydrogen-bond acceptors (Lipinski definition) is 2. The zero-order chi connectivity index (χ0) is 7.84. The Morgan fingerprint density at radius 2 is 2.27 bits per heavy atom. The van der Waals surface area contributed by atoms with Crippen molar-refractivity contribution in [3.63, 3.8) is 0 Å². The molecule has 1 aromatic heterocycles. The zero-order valence-electron chi connectivity index (χ0n) is 5.50. The van der Waals surface area contributed by atoms with Crippen LogP contribution in [-0.4, -0.2) is 15.3 Å². The molecule has 0 aliphatic carbocycles. The van der Waals surface area contributed by atoms with E-state index in [0.29, 0.717) is 0 Å². The number of rotatable bonds is 0. The number of H-pyrrole nitrogens is 1. The second-order valence-electron chi connectivity index (χ2n) is 2.26. The molecule has 4 heteroatoms. The SMILES string of the molecule is Oc1cc(Br)cc2[nH]ncc12. The topological polar surface area (TPSA) is 48.9 Å². The second-order valence-corrected chi connectivity index (χ2v) is 3.17. The quantitative estimate of drug-likeness (QED) is 0.703. The van der Waals surface area contributed by atoms with Crippen LogP contribution in [0.15, 0.2) is 22.8 Å². The van der Waals surface area contributed by atoms with Gasteiger partial charge in [0.05, 0.1) is 17.1 Å². The summed E-state index contributed by atoms with van der Waals surface area (Å²) in [6, 6.07) is 3.50. The van der Waals surface area contributed by atoms with Crippen LogP contribution in [0.5, 0.6) is 5.75 Å². The van der Waals surface area contributed by atoms with Crippen LogP contribution in [0.4, 0.5) is 0 Å². The van der Waals surface area contributed by atoms with E-state index in [0.717, 1.165) is 15.4 Å². The van der Waals surface area contributed by atoms with Crippen molar-refractivity contribution < 1.29 is 5.11 Å². The number of hydrogen-bond donors (Lipinski definition) is 2. The molecular formula is C7H5BrN2O. The Labute approximate surface area is 71.2 Å². The van der Waals surface area contributed by atoms with Crippen molar-refractivity contribution in [1.82, 2.24) is 10.2 Å². The maximum absolute atomic E-state index is 9.35. The maximum atomic E-state index is 9.35. The Morgan fingerprint density at radius 3 is 3.09 bits per heavy atom. The van der Waals surface area contributed by atoms with Gasteiger partial charge >= 0.3 is 0 Å². The summed E-state index contributed by atoms with van der Waals surface area (Å²) >= 11 is 3.26. The molecular weight excluding hydrogens is 208 g/mol. The summed E-state index contributed by atoms with van der Waals surface area (Å²) in [5, 5.41) is 16.7. The Hall–Kier alpha value is -1.03. The molecule has 1 aromatic carbocycles. The predicted octanol–water partition coefficient (Wildman–Crippen LogP) is 2.03. The minimum absolute atomic E-state index is 0.239. The van der Waals surface area contributed by atoms with E-state index in [-0.39, 0.29) is 5.75 Å². The first-order valence-corrected chi connectivity index (χ1v) is 3.88. The third-order valence-electron chi connectivity index (χ3n) is 1.50. The van der Waals surface area contributed by atoms with Gasteiger partial charge in [-0.3, -0.25) is 5.10 Å². The lowest BCUT2D eigenvalue weighted by Crippen LogP contribution is -1.70. The molecule has 3 nitrogen and oxygen atoms in total. The van der Waals surface area contributed by atoms with Crippen LogP contribution in [0.2, 0.25) is 0 Å². The van der Waals surface area contributed by atoms with Crippen molar-refractivity contribution in [3.8, 4) is 5.75 Å². The third kappa shape index (κ3) is 0.991. The first-order chi connectivity index (χ1) is 5.27. The van der Waals surface area contributed by atoms with Gasteiger partial charge in [-0.05, 0) is 12.1 Å². The van der Waals surface area contributed by atoms with Crippen LogP contribution in [0.1, 0.15) is 0 Å². The molecule has 0 unspecified atom stereocenters. The Balaban J connectivity index is 2.91. The molecule has 2 N–H and O–H groups in total. The molecule has 0 aliphatic heterocycles. The van der Waals surface area contributed by atoms with Crippen LogP contribution >= 0.6 is 15.9 Å². The highest BCUT2D eigenvalue weighted by atomic mass is 79.9. The second kappa shape index (κ2) is 2.23. The largest absolute Gasteiger partial charge is 0.507 e. The highest BCUT2D eigenvalue weighted by Crippen LogP contribution is 2.26. The van der Waals surface area contributed by atoms with Gasteiger partial charge in [0.1, 0.15) is 5.75 Å². The van der Waals surface area contributed by atoms with Crippen LogP contribution in [-0.2, 0) is 0 Å². The van der Waals surface area contributed by atoms with Crippen molar-refractivity contribution in [2.75, 3.05) is 0 Å². The van der Waals surface area contributed by atoms with E-state index in [2.05, 4.69) is 26.1 Å². The molecule has 0 saturated carbocycles. The number of phenols is 1. The fourth-order valence-corrected chi connectivity index (χ4v) is 1.44. The first-order valence-electron chi connectivity index (χ1n) is 3.09. The number of nitrogens with zero attached hydrogens (tertiary/aromatic N) is 1. The molecule has 0 radical (unpaired) electrons. The van der Waals surface area contributed by atoms with Gasteiger partial charge in [0.15, 0.2) is 0 Å². The fraction of sp³-hybridized carbons (Fsp3) is 0. The summed E-state index contributed by atoms with van der Waals surface area (Å²) in [5.41, 5.74) is 0.830. The van der Waals surface area contributed by atoms with Crippen LogP contribution in [0.25, 0.3) is 10.9 Å². The number of halogens is 1. The molecule has 0 bridgehead atoms. The molecule has 2 rings (SSSR count). The average molecular weight is 213 g/mol. The lowest BCUT2D eigenvalue weighted by molar-refractivity contribution is 0.481. The van der Waals surface area contributed by atoms with E-state index < -0.39 is 0 Å². The summed E-state index contributed by atoms with van der Waals surface area (Å²) < 4.78 is 0.840. The van der Waals surface area contributed by atoms with E-state index in [1.165, 1.54) is 0 Å². The molecule has 11 heavy (non-hydrogen) atoms. The molecule has 1 heterocycles.